The van der Waals surface area contributed by atoms with Gasteiger partial charge in [-0.05, 0) is 35.2 Å². The average Bonchev–Trinajstić information content (AvgIpc) is 2.48. The second-order valence-electron chi connectivity index (χ2n) is 4.69. The lowest BCUT2D eigenvalue weighted by atomic mass is 10.0. The van der Waals surface area contributed by atoms with Gasteiger partial charge in [-0.3, -0.25) is 4.98 Å². The Labute approximate surface area is 113 Å². The first-order valence-electron chi connectivity index (χ1n) is 6.40. The number of nitrogens with zero attached hydrogens (tertiary/aromatic N) is 1. The van der Waals surface area contributed by atoms with Crippen molar-refractivity contribution in [1.82, 2.24) is 4.98 Å². The monoisotopic (exact) mass is 245 g/mol. The Kier molecular flexibility index (Phi) is 3.11. The van der Waals surface area contributed by atoms with Crippen molar-refractivity contribution >= 4 is 0 Å². The normalized spacial score (nSPS) is 10.4. The Morgan fingerprint density at radius 1 is 0.684 bits per heavy atom. The molecule has 1 nitrogen and oxygen atoms in total. The van der Waals surface area contributed by atoms with Crippen LogP contribution in [0.1, 0.15) is 5.56 Å². The lowest BCUT2D eigenvalue weighted by Gasteiger charge is -2.05. The maximum Gasteiger partial charge on any atom is 0.0346 e. The molecule has 1 heterocycles. The summed E-state index contributed by atoms with van der Waals surface area (Å²) in [6.07, 6.45) is 3.69. The molecule has 0 amide bonds. The molecule has 0 aliphatic rings. The number of aromatic nitrogens is 1. The molecule has 0 radical (unpaired) electrons. The highest BCUT2D eigenvalue weighted by molar-refractivity contribution is 5.70. The third-order valence-corrected chi connectivity index (χ3v) is 3.23. The van der Waals surface area contributed by atoms with Crippen LogP contribution in [0.3, 0.4) is 0 Å². The van der Waals surface area contributed by atoms with Crippen molar-refractivity contribution in [3.8, 4) is 22.3 Å². The summed E-state index contributed by atoms with van der Waals surface area (Å²) < 4.78 is 0. The summed E-state index contributed by atoms with van der Waals surface area (Å²) in [5.41, 5.74) is 6.14. The minimum Gasteiger partial charge on any atom is -0.264 e. The Balaban J connectivity index is 1.95. The highest BCUT2D eigenvalue weighted by Crippen LogP contribution is 2.24. The van der Waals surface area contributed by atoms with Gasteiger partial charge in [0, 0.05) is 12.4 Å². The van der Waals surface area contributed by atoms with Gasteiger partial charge in [0.1, 0.15) is 0 Å². The van der Waals surface area contributed by atoms with Crippen LogP contribution in [0.4, 0.5) is 0 Å². The van der Waals surface area contributed by atoms with Gasteiger partial charge in [-0.15, -0.1) is 0 Å². The maximum absolute atomic E-state index is 4.15. The molecular formula is C18H15N. The molecule has 0 fully saturated rings. The first-order valence-corrected chi connectivity index (χ1v) is 6.40. The van der Waals surface area contributed by atoms with Crippen LogP contribution in [0.2, 0.25) is 0 Å². The van der Waals surface area contributed by atoms with E-state index in [-0.39, 0.29) is 0 Å². The Morgan fingerprint density at radius 2 is 1.37 bits per heavy atom. The smallest absolute Gasteiger partial charge is 0.0346 e. The second kappa shape index (κ2) is 5.07. The predicted molar refractivity (Wildman–Crippen MR) is 79.8 cm³/mol. The summed E-state index contributed by atoms with van der Waals surface area (Å²) in [6.45, 7) is 2.12. The Morgan fingerprint density at radius 3 is 2.00 bits per heavy atom. The number of benzene rings is 2. The molecule has 0 spiro atoms. The van der Waals surface area contributed by atoms with Crippen LogP contribution in [0.25, 0.3) is 22.3 Å². The van der Waals surface area contributed by atoms with E-state index in [0.717, 1.165) is 5.56 Å². The zero-order valence-corrected chi connectivity index (χ0v) is 10.9. The zero-order valence-electron chi connectivity index (χ0n) is 10.9. The third-order valence-electron chi connectivity index (χ3n) is 3.23. The van der Waals surface area contributed by atoms with Crippen molar-refractivity contribution in [3.05, 3.63) is 78.6 Å². The molecule has 0 bridgehead atoms. The van der Waals surface area contributed by atoms with E-state index in [1.807, 2.05) is 12.3 Å². The summed E-state index contributed by atoms with van der Waals surface area (Å²) in [7, 11) is 0. The predicted octanol–water partition coefficient (Wildman–Crippen LogP) is 4.72. The van der Waals surface area contributed by atoms with Crippen molar-refractivity contribution in [3.63, 3.8) is 0 Å². The minimum atomic E-state index is 1.15. The van der Waals surface area contributed by atoms with E-state index < -0.39 is 0 Å². The van der Waals surface area contributed by atoms with E-state index in [0.29, 0.717) is 0 Å². The molecule has 0 N–H and O–H groups in total. The number of hydrogen-bond donors (Lipinski definition) is 0. The fourth-order valence-electron chi connectivity index (χ4n) is 2.21. The largest absolute Gasteiger partial charge is 0.264 e. The van der Waals surface area contributed by atoms with Gasteiger partial charge in [-0.2, -0.15) is 0 Å². The highest BCUT2D eigenvalue weighted by Gasteiger charge is 2.00. The van der Waals surface area contributed by atoms with Gasteiger partial charge in [-0.25, -0.2) is 0 Å². The number of rotatable bonds is 2. The molecule has 0 saturated carbocycles. The van der Waals surface area contributed by atoms with Crippen molar-refractivity contribution in [1.29, 1.82) is 0 Å². The molecule has 3 rings (SSSR count). The lowest BCUT2D eigenvalue weighted by molar-refractivity contribution is 1.33. The van der Waals surface area contributed by atoms with Gasteiger partial charge in [0.2, 0.25) is 0 Å². The van der Waals surface area contributed by atoms with E-state index in [1.54, 1.807) is 6.20 Å². The van der Waals surface area contributed by atoms with Gasteiger partial charge < -0.3 is 0 Å². The third kappa shape index (κ3) is 2.55. The fraction of sp³-hybridized carbons (Fsp3) is 0.0556. The summed E-state index contributed by atoms with van der Waals surface area (Å²) in [5, 5.41) is 0. The standard InChI is InChI=1S/C18H15N/c1-14-4-2-5-17(12-14)15-7-9-16(10-8-15)18-6-3-11-19-13-18/h2-13H,1H3. The van der Waals surface area contributed by atoms with E-state index in [2.05, 4.69) is 66.5 Å². The fourth-order valence-corrected chi connectivity index (χ4v) is 2.21. The lowest BCUT2D eigenvalue weighted by Crippen LogP contribution is -1.82. The summed E-state index contributed by atoms with van der Waals surface area (Å²) in [5.74, 6) is 0. The van der Waals surface area contributed by atoms with Crippen molar-refractivity contribution in [2.75, 3.05) is 0 Å². The molecule has 0 atom stereocenters. The second-order valence-corrected chi connectivity index (χ2v) is 4.69. The maximum atomic E-state index is 4.15. The summed E-state index contributed by atoms with van der Waals surface area (Å²) in [6, 6.07) is 21.2. The van der Waals surface area contributed by atoms with E-state index in [4.69, 9.17) is 0 Å². The van der Waals surface area contributed by atoms with Gasteiger partial charge in [0.15, 0.2) is 0 Å². The van der Waals surface area contributed by atoms with Crippen LogP contribution in [-0.2, 0) is 0 Å². The van der Waals surface area contributed by atoms with Crippen molar-refractivity contribution < 1.29 is 0 Å². The first kappa shape index (κ1) is 11.7. The molecule has 1 aromatic heterocycles. The Bertz CT molecular complexity index is 670. The molecule has 1 heteroatoms. The first-order chi connectivity index (χ1) is 9.33. The van der Waals surface area contributed by atoms with Gasteiger partial charge in [0.25, 0.3) is 0 Å². The number of aryl methyl sites for hydroxylation is 1. The molecule has 0 aliphatic carbocycles. The van der Waals surface area contributed by atoms with Crippen LogP contribution >= 0.6 is 0 Å². The number of pyridine rings is 1. The molecule has 19 heavy (non-hydrogen) atoms. The highest BCUT2D eigenvalue weighted by atomic mass is 14.6. The zero-order chi connectivity index (χ0) is 13.1. The molecule has 0 saturated heterocycles. The van der Waals surface area contributed by atoms with E-state index in [1.165, 1.54) is 22.3 Å². The minimum absolute atomic E-state index is 1.15. The summed E-state index contributed by atoms with van der Waals surface area (Å²) in [4.78, 5) is 4.15. The van der Waals surface area contributed by atoms with Gasteiger partial charge >= 0.3 is 0 Å². The molecule has 0 unspecified atom stereocenters. The summed E-state index contributed by atoms with van der Waals surface area (Å²) >= 11 is 0. The van der Waals surface area contributed by atoms with Crippen LogP contribution in [0.5, 0.6) is 0 Å². The van der Waals surface area contributed by atoms with Gasteiger partial charge in [0.05, 0.1) is 0 Å². The molecule has 0 aliphatic heterocycles. The molecular weight excluding hydrogens is 230 g/mol. The quantitative estimate of drug-likeness (QED) is 0.636. The van der Waals surface area contributed by atoms with Crippen LogP contribution in [-0.4, -0.2) is 4.98 Å². The molecule has 3 aromatic rings. The van der Waals surface area contributed by atoms with E-state index >= 15 is 0 Å². The van der Waals surface area contributed by atoms with Crippen LogP contribution in [0.15, 0.2) is 73.1 Å². The van der Waals surface area contributed by atoms with Gasteiger partial charge in [-0.1, -0.05) is 60.2 Å². The van der Waals surface area contributed by atoms with Crippen molar-refractivity contribution in [2.24, 2.45) is 0 Å². The molecule has 2 aromatic carbocycles. The topological polar surface area (TPSA) is 12.9 Å². The SMILES string of the molecule is Cc1cccc(-c2ccc(-c3cccnc3)cc2)c1. The average molecular weight is 245 g/mol. The van der Waals surface area contributed by atoms with Crippen molar-refractivity contribution in [2.45, 2.75) is 6.92 Å². The number of hydrogen-bond acceptors (Lipinski definition) is 1. The molecule has 92 valence electrons. The Hall–Kier alpha value is -2.41. The van der Waals surface area contributed by atoms with Crippen LogP contribution in [0, 0.1) is 6.92 Å². The van der Waals surface area contributed by atoms with Crippen LogP contribution < -0.4 is 0 Å². The van der Waals surface area contributed by atoms with E-state index in [9.17, 15) is 0 Å².